The number of amides is 1. The summed E-state index contributed by atoms with van der Waals surface area (Å²) in [7, 11) is 0. The van der Waals surface area contributed by atoms with E-state index in [0.29, 0.717) is 6.42 Å². The zero-order valence-corrected chi connectivity index (χ0v) is 12.8. The third kappa shape index (κ3) is 9.58. The van der Waals surface area contributed by atoms with Gasteiger partial charge in [-0.3, -0.25) is 22.9 Å². The minimum atomic E-state index is -0.649. The van der Waals surface area contributed by atoms with Gasteiger partial charge in [-0.05, 0) is 0 Å². The van der Waals surface area contributed by atoms with Crippen molar-refractivity contribution in [3.8, 4) is 0 Å². The summed E-state index contributed by atoms with van der Waals surface area (Å²) >= 11 is 0. The standard InChI is InChI=1S/C8H10NO3.CH3.V.Y/c10-5-7(3-6-1-2-6)4-8(11)9-12;;;/h4,7,12H,1-3H2,(H,9,11);1H3;;/q-3;-1;+2;. The molecule has 2 N–H and O–H groups in total. The number of carbonyl (C=O) groups excluding carboxylic acids is 2. The van der Waals surface area contributed by atoms with E-state index >= 15 is 0 Å². The second kappa shape index (κ2) is 11.2. The van der Waals surface area contributed by atoms with Crippen LogP contribution in [0.15, 0.2) is 0 Å². The zero-order valence-electron chi connectivity index (χ0n) is 8.56. The Labute approximate surface area is 128 Å². The molecule has 0 aromatic carbocycles. The number of carbonyl (C=O) groups is 1. The summed E-state index contributed by atoms with van der Waals surface area (Å²) in [4.78, 5) is 20.9. The molecule has 0 aromatic rings. The summed E-state index contributed by atoms with van der Waals surface area (Å²) in [6.45, 7) is 0. The van der Waals surface area contributed by atoms with Crippen LogP contribution in [0.5, 0.6) is 0 Å². The average Bonchev–Trinajstić information content (AvgIpc) is 2.86. The van der Waals surface area contributed by atoms with Crippen molar-refractivity contribution in [2.24, 2.45) is 5.92 Å². The summed E-state index contributed by atoms with van der Waals surface area (Å²) in [6.07, 6.45) is 5.57. The maximum atomic E-state index is 10.6. The van der Waals surface area contributed by atoms with Gasteiger partial charge in [-0.25, -0.2) is 19.3 Å². The van der Waals surface area contributed by atoms with Crippen LogP contribution in [0.4, 0.5) is 0 Å². The molecule has 1 fully saturated rings. The van der Waals surface area contributed by atoms with E-state index < -0.39 is 11.8 Å². The predicted molar refractivity (Wildman–Crippen MR) is 46.9 cm³/mol. The van der Waals surface area contributed by atoms with Gasteiger partial charge in [0.2, 0.25) is 0 Å². The van der Waals surface area contributed by atoms with Gasteiger partial charge in [-0.15, -0.1) is 0 Å². The van der Waals surface area contributed by atoms with Crippen LogP contribution in [0.2, 0.25) is 0 Å². The fraction of sp³-hybridized carbons (Fsp3) is 0.444. The maximum absolute atomic E-state index is 10.6. The fourth-order valence-electron chi connectivity index (χ4n) is 0.958. The van der Waals surface area contributed by atoms with Crippen molar-refractivity contribution < 1.29 is 66.1 Å². The molecule has 2 radical (unpaired) electrons. The first-order valence-corrected chi connectivity index (χ1v) is 3.76. The largest absolute Gasteiger partial charge is 2.00 e. The smallest absolute Gasteiger partial charge is 0.544 e. The summed E-state index contributed by atoms with van der Waals surface area (Å²) in [5, 5.41) is 8.16. The molecule has 15 heavy (non-hydrogen) atoms. The second-order valence-corrected chi connectivity index (χ2v) is 2.82. The monoisotopic (exact) mass is 323 g/mol. The molecule has 1 amide bonds. The molecule has 0 spiro atoms. The molecule has 82 valence electrons. The van der Waals surface area contributed by atoms with Crippen LogP contribution < -0.4 is 5.48 Å². The van der Waals surface area contributed by atoms with E-state index in [1.165, 1.54) is 11.4 Å². The predicted octanol–water partition coefficient (Wildman–Crippen LogP) is 0.626. The van der Waals surface area contributed by atoms with Gasteiger partial charge in [-0.1, -0.05) is 0 Å². The van der Waals surface area contributed by atoms with E-state index in [-0.39, 0.29) is 58.7 Å². The molecule has 0 heterocycles. The maximum Gasteiger partial charge on any atom is 2.00 e. The molecule has 0 aliphatic heterocycles. The van der Waals surface area contributed by atoms with E-state index in [4.69, 9.17) is 5.21 Å². The van der Waals surface area contributed by atoms with Crippen LogP contribution in [0.1, 0.15) is 19.3 Å². The van der Waals surface area contributed by atoms with Gasteiger partial charge in [0.1, 0.15) is 5.91 Å². The van der Waals surface area contributed by atoms with E-state index in [2.05, 4.69) is 0 Å². The van der Waals surface area contributed by atoms with E-state index in [1.54, 1.807) is 6.29 Å². The van der Waals surface area contributed by atoms with Crippen LogP contribution in [0.3, 0.4) is 0 Å². The van der Waals surface area contributed by atoms with Crippen LogP contribution in [0, 0.1) is 25.7 Å². The van der Waals surface area contributed by atoms with Crippen molar-refractivity contribution in [2.75, 3.05) is 0 Å². The summed E-state index contributed by atoms with van der Waals surface area (Å²) < 4.78 is 0. The molecular formula is C9H13NO3VY-2. The van der Waals surface area contributed by atoms with Gasteiger partial charge in [0.25, 0.3) is 0 Å². The molecule has 4 nitrogen and oxygen atoms in total. The van der Waals surface area contributed by atoms with E-state index in [1.807, 2.05) is 0 Å². The average molecular weight is 323 g/mol. The fourth-order valence-corrected chi connectivity index (χ4v) is 0.958. The van der Waals surface area contributed by atoms with E-state index in [9.17, 15) is 9.59 Å². The van der Waals surface area contributed by atoms with Crippen molar-refractivity contribution >= 4 is 12.2 Å². The molecule has 1 unspecified atom stereocenters. The summed E-state index contributed by atoms with van der Waals surface area (Å²) in [6, 6.07) is 0. The van der Waals surface area contributed by atoms with Crippen molar-refractivity contribution in [1.82, 2.24) is 5.48 Å². The Kier molecular flexibility index (Phi) is 15.6. The molecule has 6 heteroatoms. The Bertz CT molecular complexity index is 188. The Balaban J connectivity index is -0.000000480. The zero-order chi connectivity index (χ0) is 8.97. The molecule has 1 aliphatic carbocycles. The first kappa shape index (κ1) is 21.0. The Morgan fingerprint density at radius 1 is 1.60 bits per heavy atom. The molecule has 1 rings (SSSR count). The van der Waals surface area contributed by atoms with E-state index in [0.717, 1.165) is 19.3 Å². The van der Waals surface area contributed by atoms with Crippen LogP contribution in [-0.4, -0.2) is 17.4 Å². The molecule has 0 saturated heterocycles. The van der Waals surface area contributed by atoms with Crippen molar-refractivity contribution in [3.63, 3.8) is 0 Å². The topological polar surface area (TPSA) is 66.4 Å². The first-order chi connectivity index (χ1) is 5.76. The normalized spacial score (nSPS) is 14.5. The quantitative estimate of drug-likeness (QED) is 0.443. The van der Waals surface area contributed by atoms with Gasteiger partial charge in [-0.2, -0.15) is 0 Å². The molecular weight excluding hydrogens is 310 g/mol. The molecule has 0 aromatic heterocycles. The summed E-state index contributed by atoms with van der Waals surface area (Å²) in [5.74, 6) is 0.129. The van der Waals surface area contributed by atoms with Gasteiger partial charge >= 0.3 is 18.6 Å². The second-order valence-electron chi connectivity index (χ2n) is 2.82. The van der Waals surface area contributed by atoms with Gasteiger partial charge in [0.05, 0.1) is 0 Å². The van der Waals surface area contributed by atoms with Crippen LogP contribution in [0.25, 0.3) is 0 Å². The third-order valence-corrected chi connectivity index (χ3v) is 1.73. The van der Waals surface area contributed by atoms with Gasteiger partial charge < -0.3 is 29.4 Å². The van der Waals surface area contributed by atoms with Gasteiger partial charge in [0, 0.05) is 32.7 Å². The minimum absolute atomic E-state index is 0. The number of hydroxylamine groups is 1. The van der Waals surface area contributed by atoms with Crippen LogP contribution in [-0.2, 0) is 60.9 Å². The molecule has 1 saturated carbocycles. The third-order valence-electron chi connectivity index (χ3n) is 1.73. The number of nitrogens with one attached hydrogen (secondary N) is 1. The Morgan fingerprint density at radius 3 is 2.47 bits per heavy atom. The van der Waals surface area contributed by atoms with Crippen molar-refractivity contribution in [1.29, 1.82) is 0 Å². The molecule has 1 aliphatic rings. The van der Waals surface area contributed by atoms with Crippen LogP contribution >= 0.6 is 0 Å². The molecule has 1 atom stereocenters. The number of rotatable bonds is 5. The first-order valence-electron chi connectivity index (χ1n) is 3.76. The Hall–Kier alpha value is 0.658. The van der Waals surface area contributed by atoms with Gasteiger partial charge in [0.15, 0.2) is 0 Å². The van der Waals surface area contributed by atoms with Crippen molar-refractivity contribution in [3.05, 3.63) is 19.8 Å². The van der Waals surface area contributed by atoms with Crippen molar-refractivity contribution in [2.45, 2.75) is 19.3 Å². The minimum Gasteiger partial charge on any atom is -0.544 e. The molecule has 0 bridgehead atoms. The number of hydrogen-bond acceptors (Lipinski definition) is 3. The SMILES string of the molecule is O=[C-]C([CH-]C(=O)NO)C[C-]1CC1.[CH3-].[V+2].[Y]. The Morgan fingerprint density at radius 2 is 2.13 bits per heavy atom. The number of hydrogen-bond donors (Lipinski definition) is 2. The summed E-state index contributed by atoms with van der Waals surface area (Å²) in [5.41, 5.74) is 1.44.